The molecule has 0 spiro atoms. The summed E-state index contributed by atoms with van der Waals surface area (Å²) < 4.78 is 40.1. The standard InChI is InChI=1S/C23H41F2O3.Al/c1-13(2)14(3)10-11-17(6)23(8,9)28-22(26)18(7)27-21-16(5)12-15(4)19(24)20(21)25;/h14-21H,10-12H2,1-9H3;. The highest BCUT2D eigenvalue weighted by Gasteiger charge is 2.44. The summed E-state index contributed by atoms with van der Waals surface area (Å²) in [4.78, 5) is 12.6. The first-order valence-corrected chi connectivity index (χ1v) is 11.6. The largest absolute Gasteiger partial charge is 0.457 e. The minimum absolute atomic E-state index is 0.147. The van der Waals surface area contributed by atoms with E-state index in [1.165, 1.54) is 0 Å². The minimum atomic E-state index is -1.72. The van der Waals surface area contributed by atoms with Crippen LogP contribution in [0.5, 0.6) is 0 Å². The summed E-state index contributed by atoms with van der Waals surface area (Å²) in [6.45, 7) is 17.6. The van der Waals surface area contributed by atoms with Crippen molar-refractivity contribution in [1.29, 1.82) is 0 Å². The quantitative estimate of drug-likeness (QED) is 0.340. The third-order valence-electron chi connectivity index (χ3n) is 7.01. The van der Waals surface area contributed by atoms with Crippen molar-refractivity contribution in [2.24, 2.45) is 23.7 Å². The summed E-state index contributed by atoms with van der Waals surface area (Å²) in [6, 6.07) is 0. The lowest BCUT2D eigenvalue weighted by Gasteiger charge is -2.39. The smallest absolute Gasteiger partial charge is 0.335 e. The van der Waals surface area contributed by atoms with Crippen LogP contribution in [0, 0.1) is 23.7 Å². The van der Waals surface area contributed by atoms with Gasteiger partial charge < -0.3 is 9.47 Å². The van der Waals surface area contributed by atoms with Crippen LogP contribution in [-0.2, 0) is 14.3 Å². The molecule has 6 heteroatoms. The van der Waals surface area contributed by atoms with E-state index >= 15 is 0 Å². The van der Waals surface area contributed by atoms with Gasteiger partial charge in [0.1, 0.15) is 28.1 Å². The van der Waals surface area contributed by atoms with Gasteiger partial charge in [0.15, 0.2) is 12.3 Å². The molecule has 1 aliphatic carbocycles. The van der Waals surface area contributed by atoms with Gasteiger partial charge in [-0.1, -0.05) is 58.2 Å². The molecular formula is C23H41AlF2O3. The molecule has 0 aromatic rings. The molecule has 0 heterocycles. The molecule has 29 heavy (non-hydrogen) atoms. The van der Waals surface area contributed by atoms with Gasteiger partial charge in [0.2, 0.25) is 0 Å². The van der Waals surface area contributed by atoms with Gasteiger partial charge in [-0.05, 0) is 51.4 Å². The average molecular weight is 431 g/mol. The van der Waals surface area contributed by atoms with Crippen molar-refractivity contribution >= 4 is 22.3 Å². The molecule has 0 bridgehead atoms. The predicted molar refractivity (Wildman–Crippen MR) is 115 cm³/mol. The van der Waals surface area contributed by atoms with Crippen LogP contribution in [0.4, 0.5) is 8.78 Å². The Morgan fingerprint density at radius 3 is 2.03 bits per heavy atom. The lowest BCUT2D eigenvalue weighted by atomic mass is 9.78. The third kappa shape index (κ3) is 7.47. The summed E-state index contributed by atoms with van der Waals surface area (Å²) in [7, 11) is 0. The second kappa shape index (κ2) is 10.4. The molecule has 0 saturated heterocycles. The average Bonchev–Trinajstić information content (AvgIpc) is 2.59. The highest BCUT2D eigenvalue weighted by molar-refractivity contribution is 6.14. The Kier molecular flexibility index (Phi) is 9.65. The van der Waals surface area contributed by atoms with Crippen LogP contribution in [0.3, 0.4) is 0 Å². The van der Waals surface area contributed by atoms with E-state index in [0.717, 1.165) is 12.8 Å². The Morgan fingerprint density at radius 2 is 1.52 bits per heavy atom. The topological polar surface area (TPSA) is 35.5 Å². The van der Waals surface area contributed by atoms with E-state index in [-0.39, 0.29) is 22.0 Å². The molecule has 8 unspecified atom stereocenters. The summed E-state index contributed by atoms with van der Waals surface area (Å²) in [5, 5.41) is 0. The summed E-state index contributed by atoms with van der Waals surface area (Å²) in [5.74, 6) is -0.322. The van der Waals surface area contributed by atoms with Gasteiger partial charge in [0.05, 0.1) is 6.10 Å². The highest BCUT2D eigenvalue weighted by atomic mass is 27.0. The third-order valence-corrected chi connectivity index (χ3v) is 7.58. The van der Waals surface area contributed by atoms with Gasteiger partial charge in [-0.15, -0.1) is 0 Å². The number of rotatable bonds is 9. The molecule has 8 atom stereocenters. The van der Waals surface area contributed by atoms with Crippen LogP contribution in [-0.4, -0.2) is 52.4 Å². The number of esters is 1. The van der Waals surface area contributed by atoms with Gasteiger partial charge >= 0.3 is 5.97 Å². The van der Waals surface area contributed by atoms with Gasteiger partial charge in [-0.3, -0.25) is 0 Å². The Bertz CT molecular complexity index is 535. The predicted octanol–water partition coefficient (Wildman–Crippen LogP) is 5.85. The van der Waals surface area contributed by atoms with Crippen LogP contribution >= 0.6 is 0 Å². The Labute approximate surface area is 185 Å². The van der Waals surface area contributed by atoms with E-state index in [0.29, 0.717) is 12.3 Å². The zero-order valence-corrected chi connectivity index (χ0v) is 21.0. The van der Waals surface area contributed by atoms with Gasteiger partial charge in [-0.25, -0.2) is 13.6 Å². The number of carbonyl (C=O) groups is 1. The van der Waals surface area contributed by atoms with E-state index < -0.39 is 36.1 Å². The molecule has 0 aromatic carbocycles. The number of hydrogen-bond donors (Lipinski definition) is 0. The molecule has 1 fully saturated rings. The Balaban J connectivity index is 2.63. The summed E-state index contributed by atoms with van der Waals surface area (Å²) >= 11 is 2.89. The monoisotopic (exact) mass is 430 g/mol. The fourth-order valence-electron chi connectivity index (χ4n) is 3.82. The van der Waals surface area contributed by atoms with Crippen LogP contribution in [0.1, 0.15) is 81.6 Å². The van der Waals surface area contributed by atoms with Crippen molar-refractivity contribution in [3.8, 4) is 0 Å². The number of halogens is 2. The Morgan fingerprint density at radius 1 is 1.00 bits per heavy atom. The lowest BCUT2D eigenvalue weighted by molar-refractivity contribution is -0.186. The maximum Gasteiger partial charge on any atom is 0.335 e. The van der Waals surface area contributed by atoms with Crippen LogP contribution in [0.25, 0.3) is 0 Å². The maximum atomic E-state index is 14.5. The summed E-state index contributed by atoms with van der Waals surface area (Å²) in [6.07, 6.45) is -2.62. The first kappa shape index (κ1) is 26.9. The molecule has 0 aromatic heterocycles. The van der Waals surface area contributed by atoms with Crippen molar-refractivity contribution in [1.82, 2.24) is 0 Å². The first-order valence-electron chi connectivity index (χ1n) is 11.0. The number of carbonyl (C=O) groups excluding carboxylic acids is 1. The van der Waals surface area contributed by atoms with Crippen LogP contribution in [0.2, 0.25) is 4.28 Å². The normalized spacial score (nSPS) is 31.8. The van der Waals surface area contributed by atoms with Crippen molar-refractivity contribution < 1.29 is 23.0 Å². The Hall–Kier alpha value is -0.178. The van der Waals surface area contributed by atoms with Crippen LogP contribution < -0.4 is 0 Å². The van der Waals surface area contributed by atoms with Gasteiger partial charge in [-0.2, -0.15) is 0 Å². The van der Waals surface area contributed by atoms with Crippen molar-refractivity contribution in [2.75, 3.05) is 0 Å². The number of ether oxygens (including phenoxy) is 2. The molecule has 1 aliphatic rings. The van der Waals surface area contributed by atoms with Gasteiger partial charge in [0.25, 0.3) is 0 Å². The lowest BCUT2D eigenvalue weighted by Crippen LogP contribution is -2.49. The minimum Gasteiger partial charge on any atom is -0.457 e. The molecular weight excluding hydrogens is 389 g/mol. The molecule has 0 N–H and O–H groups in total. The number of alkyl halides is 2. The molecule has 0 aliphatic heterocycles. The maximum absolute atomic E-state index is 14.5. The van der Waals surface area contributed by atoms with Crippen molar-refractivity contribution in [3.05, 3.63) is 0 Å². The fourth-order valence-corrected chi connectivity index (χ4v) is 3.99. The van der Waals surface area contributed by atoms with E-state index in [1.807, 2.05) is 20.8 Å². The van der Waals surface area contributed by atoms with Crippen LogP contribution in [0.15, 0.2) is 0 Å². The molecule has 0 amide bonds. The first-order chi connectivity index (χ1) is 13.1. The zero-order valence-electron chi connectivity index (χ0n) is 19.8. The molecule has 1 rings (SSSR count). The fraction of sp³-hybridized carbons (Fsp3) is 0.957. The molecule has 2 radical (unpaired) electrons. The van der Waals surface area contributed by atoms with Crippen molar-refractivity contribution in [3.63, 3.8) is 0 Å². The van der Waals surface area contributed by atoms with Crippen molar-refractivity contribution in [2.45, 2.75) is 116 Å². The highest BCUT2D eigenvalue weighted by Crippen LogP contribution is 2.37. The van der Waals surface area contributed by atoms with Gasteiger partial charge in [0, 0.05) is 0 Å². The van der Waals surface area contributed by atoms with E-state index in [9.17, 15) is 13.6 Å². The van der Waals surface area contributed by atoms with E-state index in [1.54, 1.807) is 13.8 Å². The summed E-state index contributed by atoms with van der Waals surface area (Å²) in [5.41, 5.74) is -0.663. The SMILES string of the molecule is CC(OC1C(C)CC(C)C(F)C1F)C(=O)OC(C)(C)C(C)CCC(C)[C](C)(C)[Al]. The second-order valence-corrected chi connectivity index (χ2v) is 12.0. The second-order valence-electron chi connectivity index (χ2n) is 10.5. The molecule has 168 valence electrons. The van der Waals surface area contributed by atoms with E-state index in [2.05, 4.69) is 44.0 Å². The molecule has 3 nitrogen and oxygen atoms in total. The van der Waals surface area contributed by atoms with E-state index in [4.69, 9.17) is 9.47 Å². The molecule has 1 saturated carbocycles. The number of hydrogen-bond acceptors (Lipinski definition) is 3. The zero-order chi connectivity index (χ0) is 22.7.